The van der Waals surface area contributed by atoms with Crippen LogP contribution in [0.3, 0.4) is 0 Å². The Hall–Kier alpha value is -3.07. The van der Waals surface area contributed by atoms with Gasteiger partial charge >= 0.3 is 0 Å². The van der Waals surface area contributed by atoms with Crippen LogP contribution in [0.5, 0.6) is 0 Å². The maximum Gasteiger partial charge on any atom is 0.256 e. The topological polar surface area (TPSA) is 95.6 Å². The number of likely N-dealkylation sites (tertiary alicyclic amines) is 1. The van der Waals surface area contributed by atoms with Gasteiger partial charge in [0.15, 0.2) is 0 Å². The minimum atomic E-state index is -0.398. The van der Waals surface area contributed by atoms with Crippen molar-refractivity contribution >= 4 is 11.8 Å². The number of aromatic nitrogens is 2. The number of benzene rings is 1. The first-order valence-electron chi connectivity index (χ1n) is 10.4. The third kappa shape index (κ3) is 4.36. The van der Waals surface area contributed by atoms with Crippen LogP contribution in [-0.2, 0) is 22.5 Å². The predicted molar refractivity (Wildman–Crippen MR) is 110 cm³/mol. The van der Waals surface area contributed by atoms with Gasteiger partial charge in [0.05, 0.1) is 23.8 Å². The lowest BCUT2D eigenvalue weighted by Crippen LogP contribution is -2.43. The van der Waals surface area contributed by atoms with Crippen LogP contribution in [0.4, 0.5) is 4.39 Å². The van der Waals surface area contributed by atoms with Gasteiger partial charge in [0.1, 0.15) is 18.2 Å². The standard InChI is InChI=1S/C22H25FN4O4/c1-31-13-19(28)26-11-9-17-16(12-26)21(29)25-20(24-17)18-4-2-3-10-27(18)22(30)14-5-7-15(23)8-6-14/h5-8,18H,2-4,9-13H2,1H3,(H,24,25,29)/t18-/m0/s1. The molecule has 0 radical (unpaired) electrons. The average Bonchev–Trinajstić information content (AvgIpc) is 2.79. The van der Waals surface area contributed by atoms with E-state index in [4.69, 9.17) is 9.72 Å². The normalized spacial score (nSPS) is 18.6. The molecule has 4 rings (SSSR count). The van der Waals surface area contributed by atoms with Gasteiger partial charge < -0.3 is 19.5 Å². The maximum atomic E-state index is 13.3. The highest BCUT2D eigenvalue weighted by Crippen LogP contribution is 2.30. The summed E-state index contributed by atoms with van der Waals surface area (Å²) in [6, 6.07) is 5.12. The summed E-state index contributed by atoms with van der Waals surface area (Å²) in [5.41, 5.74) is 1.27. The van der Waals surface area contributed by atoms with Crippen molar-refractivity contribution in [2.24, 2.45) is 0 Å². The number of rotatable bonds is 4. The lowest BCUT2D eigenvalue weighted by atomic mass is 9.99. The Balaban J connectivity index is 1.60. The fourth-order valence-corrected chi connectivity index (χ4v) is 4.25. The number of ether oxygens (including phenoxy) is 1. The average molecular weight is 428 g/mol. The van der Waals surface area contributed by atoms with Crippen LogP contribution in [0.25, 0.3) is 0 Å². The number of piperidine rings is 1. The zero-order valence-electron chi connectivity index (χ0n) is 17.4. The molecule has 2 amide bonds. The molecule has 0 unspecified atom stereocenters. The second kappa shape index (κ2) is 8.97. The first kappa shape index (κ1) is 21.2. The summed E-state index contributed by atoms with van der Waals surface area (Å²) in [6.45, 7) is 1.18. The van der Waals surface area contributed by atoms with Crippen molar-refractivity contribution in [2.45, 2.75) is 38.3 Å². The highest BCUT2D eigenvalue weighted by Gasteiger charge is 2.32. The van der Waals surface area contributed by atoms with Crippen molar-refractivity contribution < 1.29 is 18.7 Å². The van der Waals surface area contributed by atoms with Crippen molar-refractivity contribution in [2.75, 3.05) is 26.8 Å². The largest absolute Gasteiger partial charge is 0.375 e. The summed E-state index contributed by atoms with van der Waals surface area (Å²) < 4.78 is 18.2. The molecule has 0 aliphatic carbocycles. The van der Waals surface area contributed by atoms with Gasteiger partial charge in [-0.1, -0.05) is 0 Å². The Morgan fingerprint density at radius 3 is 2.74 bits per heavy atom. The Morgan fingerprint density at radius 2 is 2.00 bits per heavy atom. The fourth-order valence-electron chi connectivity index (χ4n) is 4.25. The highest BCUT2D eigenvalue weighted by atomic mass is 19.1. The van der Waals surface area contributed by atoms with Crippen molar-refractivity contribution in [3.63, 3.8) is 0 Å². The van der Waals surface area contributed by atoms with Crippen LogP contribution in [0, 0.1) is 5.82 Å². The number of amides is 2. The second-order valence-corrected chi connectivity index (χ2v) is 7.89. The maximum absolute atomic E-state index is 13.3. The van der Waals surface area contributed by atoms with Crippen LogP contribution in [0.2, 0.25) is 0 Å². The molecule has 164 valence electrons. The van der Waals surface area contributed by atoms with Crippen LogP contribution in [-0.4, -0.2) is 58.4 Å². The lowest BCUT2D eigenvalue weighted by molar-refractivity contribution is -0.136. The monoisotopic (exact) mass is 428 g/mol. The summed E-state index contributed by atoms with van der Waals surface area (Å²) in [6.07, 6.45) is 2.93. The molecule has 0 bridgehead atoms. The fraction of sp³-hybridized carbons (Fsp3) is 0.455. The van der Waals surface area contributed by atoms with Gasteiger partial charge in [0, 0.05) is 32.2 Å². The molecule has 3 heterocycles. The van der Waals surface area contributed by atoms with E-state index in [9.17, 15) is 18.8 Å². The number of hydrogen-bond donors (Lipinski definition) is 1. The highest BCUT2D eigenvalue weighted by molar-refractivity contribution is 5.94. The first-order chi connectivity index (χ1) is 15.0. The first-order valence-corrected chi connectivity index (χ1v) is 10.4. The van der Waals surface area contributed by atoms with Crippen LogP contribution in [0.15, 0.2) is 29.1 Å². The predicted octanol–water partition coefficient (Wildman–Crippen LogP) is 1.81. The number of hydrogen-bond acceptors (Lipinski definition) is 5. The number of carbonyl (C=O) groups excluding carboxylic acids is 2. The molecule has 1 atom stereocenters. The van der Waals surface area contributed by atoms with E-state index in [2.05, 4.69) is 4.98 Å². The van der Waals surface area contributed by atoms with E-state index in [1.165, 1.54) is 31.4 Å². The zero-order valence-corrected chi connectivity index (χ0v) is 17.4. The van der Waals surface area contributed by atoms with E-state index >= 15 is 0 Å². The molecule has 1 aromatic carbocycles. The number of fused-ring (bicyclic) bond motifs is 1. The molecule has 0 spiro atoms. The molecule has 1 N–H and O–H groups in total. The molecule has 0 saturated carbocycles. The van der Waals surface area contributed by atoms with Crippen molar-refractivity contribution in [1.29, 1.82) is 0 Å². The van der Waals surface area contributed by atoms with Gasteiger partial charge in [-0.05, 0) is 43.5 Å². The Kier molecular flexibility index (Phi) is 6.13. The molecule has 2 aliphatic heterocycles. The molecule has 2 aromatic rings. The number of nitrogens with one attached hydrogen (secondary N) is 1. The summed E-state index contributed by atoms with van der Waals surface area (Å²) in [7, 11) is 1.46. The summed E-state index contributed by atoms with van der Waals surface area (Å²) in [5.74, 6) is -0.303. The van der Waals surface area contributed by atoms with E-state index in [1.54, 1.807) is 9.80 Å². The molecule has 8 nitrogen and oxygen atoms in total. The van der Waals surface area contributed by atoms with E-state index < -0.39 is 5.82 Å². The van der Waals surface area contributed by atoms with Crippen LogP contribution in [0.1, 0.15) is 52.7 Å². The minimum Gasteiger partial charge on any atom is -0.375 e. The number of H-pyrrole nitrogens is 1. The molecule has 1 saturated heterocycles. The number of aromatic amines is 1. The zero-order chi connectivity index (χ0) is 22.0. The van der Waals surface area contributed by atoms with Gasteiger partial charge in [0.2, 0.25) is 5.91 Å². The Labute approximate surface area is 179 Å². The number of halogens is 1. The van der Waals surface area contributed by atoms with E-state index in [0.29, 0.717) is 48.6 Å². The molecule has 31 heavy (non-hydrogen) atoms. The molecule has 1 aromatic heterocycles. The smallest absolute Gasteiger partial charge is 0.256 e. The second-order valence-electron chi connectivity index (χ2n) is 7.89. The molecule has 9 heteroatoms. The van der Waals surface area contributed by atoms with Crippen molar-refractivity contribution in [1.82, 2.24) is 19.8 Å². The number of carbonyl (C=O) groups is 2. The number of methoxy groups -OCH3 is 1. The Bertz CT molecular complexity index is 1040. The minimum absolute atomic E-state index is 0.0265. The van der Waals surface area contributed by atoms with E-state index in [-0.39, 0.29) is 36.6 Å². The van der Waals surface area contributed by atoms with Gasteiger partial charge in [-0.25, -0.2) is 9.37 Å². The number of nitrogens with zero attached hydrogens (tertiary/aromatic N) is 3. The third-order valence-corrected chi connectivity index (χ3v) is 5.88. The molecular formula is C22H25FN4O4. The molecule has 2 aliphatic rings. The van der Waals surface area contributed by atoms with Crippen molar-refractivity contribution in [3.05, 3.63) is 63.1 Å². The van der Waals surface area contributed by atoms with E-state index in [1.807, 2.05) is 0 Å². The molecular weight excluding hydrogens is 403 g/mol. The Morgan fingerprint density at radius 1 is 1.23 bits per heavy atom. The van der Waals surface area contributed by atoms with Gasteiger partial charge in [0.25, 0.3) is 11.5 Å². The summed E-state index contributed by atoms with van der Waals surface area (Å²) in [5, 5.41) is 0. The van der Waals surface area contributed by atoms with Crippen LogP contribution >= 0.6 is 0 Å². The molecule has 1 fully saturated rings. The van der Waals surface area contributed by atoms with Crippen LogP contribution < -0.4 is 5.56 Å². The summed E-state index contributed by atoms with van der Waals surface area (Å²) >= 11 is 0. The SMILES string of the molecule is COCC(=O)N1CCc2nc([C@@H]3CCCCN3C(=O)c3ccc(F)cc3)[nH]c(=O)c2C1. The van der Waals surface area contributed by atoms with Gasteiger partial charge in [-0.15, -0.1) is 0 Å². The van der Waals surface area contributed by atoms with E-state index in [0.717, 1.165) is 12.8 Å². The quantitative estimate of drug-likeness (QED) is 0.801. The van der Waals surface area contributed by atoms with Gasteiger partial charge in [-0.2, -0.15) is 0 Å². The third-order valence-electron chi connectivity index (χ3n) is 5.88. The summed E-state index contributed by atoms with van der Waals surface area (Å²) in [4.78, 5) is 48.9. The lowest BCUT2D eigenvalue weighted by Gasteiger charge is -2.36. The van der Waals surface area contributed by atoms with Crippen molar-refractivity contribution in [3.8, 4) is 0 Å². The van der Waals surface area contributed by atoms with Gasteiger partial charge in [-0.3, -0.25) is 14.4 Å².